The van der Waals surface area contributed by atoms with Crippen LogP contribution in [0.15, 0.2) is 23.1 Å². The van der Waals surface area contributed by atoms with Gasteiger partial charge in [0.1, 0.15) is 0 Å². The maximum atomic E-state index is 12.0. The van der Waals surface area contributed by atoms with E-state index in [2.05, 4.69) is 4.72 Å². The average Bonchev–Trinajstić information content (AvgIpc) is 2.36. The van der Waals surface area contributed by atoms with Gasteiger partial charge in [-0.05, 0) is 31.5 Å². The van der Waals surface area contributed by atoms with Gasteiger partial charge in [0.25, 0.3) is 0 Å². The molecule has 0 aromatic heterocycles. The molecule has 0 fully saturated rings. The zero-order chi connectivity index (χ0) is 14.6. The highest BCUT2D eigenvalue weighted by Crippen LogP contribution is 2.17. The van der Waals surface area contributed by atoms with Crippen molar-refractivity contribution in [3.8, 4) is 6.07 Å². The summed E-state index contributed by atoms with van der Waals surface area (Å²) < 4.78 is 26.4. The third-order valence-corrected chi connectivity index (χ3v) is 4.09. The Morgan fingerprint density at radius 1 is 1.53 bits per heavy atom. The van der Waals surface area contributed by atoms with Gasteiger partial charge in [0.15, 0.2) is 0 Å². The Morgan fingerprint density at radius 2 is 2.16 bits per heavy atom. The molecule has 6 nitrogen and oxygen atoms in total. The van der Waals surface area contributed by atoms with Gasteiger partial charge in [-0.3, -0.25) is 0 Å². The summed E-state index contributed by atoms with van der Waals surface area (Å²) in [6, 6.07) is 5.80. The fraction of sp³-hybridized carbons (Fsp3) is 0.333. The van der Waals surface area contributed by atoms with E-state index < -0.39 is 21.9 Å². The van der Waals surface area contributed by atoms with Crippen LogP contribution in [-0.4, -0.2) is 26.0 Å². The Hall–Kier alpha value is -1.91. The van der Waals surface area contributed by atoms with E-state index in [4.69, 9.17) is 10.4 Å². The molecule has 0 bridgehead atoms. The van der Waals surface area contributed by atoms with Crippen LogP contribution in [0, 0.1) is 24.2 Å². The van der Waals surface area contributed by atoms with Crippen molar-refractivity contribution >= 4 is 16.0 Å². The molecular weight excluding hydrogens is 268 g/mol. The lowest BCUT2D eigenvalue weighted by Crippen LogP contribution is -2.28. The van der Waals surface area contributed by atoms with E-state index in [-0.39, 0.29) is 17.0 Å². The highest BCUT2D eigenvalue weighted by atomic mass is 32.2. The van der Waals surface area contributed by atoms with Crippen LogP contribution in [-0.2, 0) is 10.0 Å². The van der Waals surface area contributed by atoms with Crippen molar-refractivity contribution < 1.29 is 18.3 Å². The molecule has 0 aliphatic carbocycles. The predicted octanol–water partition coefficient (Wildman–Crippen LogP) is 1.13. The van der Waals surface area contributed by atoms with Crippen molar-refractivity contribution in [2.75, 3.05) is 6.54 Å². The van der Waals surface area contributed by atoms with Gasteiger partial charge in [0, 0.05) is 6.54 Å². The average molecular weight is 282 g/mol. The topological polar surface area (TPSA) is 107 Å². The third kappa shape index (κ3) is 3.77. The van der Waals surface area contributed by atoms with Gasteiger partial charge in [0.2, 0.25) is 10.0 Å². The van der Waals surface area contributed by atoms with Crippen LogP contribution < -0.4 is 4.72 Å². The molecule has 1 aromatic rings. The Labute approximate surface area is 111 Å². The lowest BCUT2D eigenvalue weighted by atomic mass is 10.1. The molecule has 0 radical (unpaired) electrons. The Morgan fingerprint density at radius 3 is 2.68 bits per heavy atom. The van der Waals surface area contributed by atoms with Gasteiger partial charge in [-0.1, -0.05) is 6.07 Å². The monoisotopic (exact) mass is 282 g/mol. The molecule has 1 unspecified atom stereocenters. The maximum Gasteiger partial charge on any atom is 0.335 e. The van der Waals surface area contributed by atoms with Crippen LogP contribution in [0.3, 0.4) is 0 Å². The number of hydrogen-bond donors (Lipinski definition) is 2. The van der Waals surface area contributed by atoms with Crippen LogP contribution in [0.2, 0.25) is 0 Å². The highest BCUT2D eigenvalue weighted by molar-refractivity contribution is 7.89. The molecule has 0 heterocycles. The normalized spacial score (nSPS) is 12.7. The first-order valence-electron chi connectivity index (χ1n) is 5.51. The summed E-state index contributed by atoms with van der Waals surface area (Å²) in [6.07, 6.45) is 0. The molecule has 0 aliphatic heterocycles. The highest BCUT2D eigenvalue weighted by Gasteiger charge is 2.19. The number of carboxylic acid groups (broad SMARTS) is 1. The van der Waals surface area contributed by atoms with Gasteiger partial charge in [0.05, 0.1) is 22.4 Å². The van der Waals surface area contributed by atoms with Gasteiger partial charge >= 0.3 is 5.97 Å². The number of hydrogen-bond acceptors (Lipinski definition) is 4. The van der Waals surface area contributed by atoms with E-state index in [1.165, 1.54) is 12.1 Å². The quantitative estimate of drug-likeness (QED) is 0.841. The standard InChI is InChI=1S/C12H14N2O4S/c1-8(6-13)7-14-19(17,18)11-5-10(12(15)16)4-3-9(11)2/h3-5,8,14H,7H2,1-2H3,(H,15,16). The van der Waals surface area contributed by atoms with E-state index in [0.29, 0.717) is 5.56 Å². The zero-order valence-electron chi connectivity index (χ0n) is 10.5. The molecule has 1 rings (SSSR count). The second-order valence-electron chi connectivity index (χ2n) is 4.17. The SMILES string of the molecule is Cc1ccc(C(=O)O)cc1S(=O)(=O)NCC(C)C#N. The van der Waals surface area contributed by atoms with Crippen molar-refractivity contribution in [1.29, 1.82) is 5.26 Å². The summed E-state index contributed by atoms with van der Waals surface area (Å²) in [5, 5.41) is 17.5. The van der Waals surface area contributed by atoms with Crippen LogP contribution in [0.25, 0.3) is 0 Å². The molecule has 0 spiro atoms. The molecule has 102 valence electrons. The molecular formula is C12H14N2O4S. The first-order valence-corrected chi connectivity index (χ1v) is 6.99. The number of nitriles is 1. The van der Waals surface area contributed by atoms with E-state index in [1.807, 2.05) is 6.07 Å². The number of nitrogens with one attached hydrogen (secondary N) is 1. The summed E-state index contributed by atoms with van der Waals surface area (Å²) in [4.78, 5) is 10.8. The van der Waals surface area contributed by atoms with E-state index in [0.717, 1.165) is 6.07 Å². The number of nitrogens with zero attached hydrogens (tertiary/aromatic N) is 1. The fourth-order valence-corrected chi connectivity index (χ4v) is 2.78. The second-order valence-corrected chi connectivity index (χ2v) is 5.90. The molecule has 19 heavy (non-hydrogen) atoms. The molecule has 0 saturated heterocycles. The largest absolute Gasteiger partial charge is 0.478 e. The van der Waals surface area contributed by atoms with Crippen LogP contribution in [0.5, 0.6) is 0 Å². The van der Waals surface area contributed by atoms with Crippen LogP contribution in [0.4, 0.5) is 0 Å². The van der Waals surface area contributed by atoms with E-state index in [9.17, 15) is 13.2 Å². The van der Waals surface area contributed by atoms with Crippen molar-refractivity contribution in [3.63, 3.8) is 0 Å². The Kier molecular flexibility index (Phi) is 4.64. The minimum absolute atomic E-state index is 0.0183. The summed E-state index contributed by atoms with van der Waals surface area (Å²) in [5.41, 5.74) is 0.349. The van der Waals surface area contributed by atoms with Gasteiger partial charge in [-0.25, -0.2) is 17.9 Å². The molecule has 0 amide bonds. The number of carbonyl (C=O) groups is 1. The molecule has 2 N–H and O–H groups in total. The zero-order valence-corrected chi connectivity index (χ0v) is 11.4. The minimum Gasteiger partial charge on any atom is -0.478 e. The Balaban J connectivity index is 3.11. The molecule has 1 aromatic carbocycles. The maximum absolute atomic E-state index is 12.0. The lowest BCUT2D eigenvalue weighted by molar-refractivity contribution is 0.0696. The number of benzene rings is 1. The Bertz CT molecular complexity index is 632. The van der Waals surface area contributed by atoms with Crippen molar-refractivity contribution in [2.24, 2.45) is 5.92 Å². The lowest BCUT2D eigenvalue weighted by Gasteiger charge is -2.10. The number of aromatic carboxylic acids is 1. The van der Waals surface area contributed by atoms with Crippen LogP contribution in [0.1, 0.15) is 22.8 Å². The van der Waals surface area contributed by atoms with E-state index >= 15 is 0 Å². The van der Waals surface area contributed by atoms with Crippen LogP contribution >= 0.6 is 0 Å². The third-order valence-electron chi connectivity index (χ3n) is 2.52. The number of sulfonamides is 1. The molecule has 0 saturated carbocycles. The minimum atomic E-state index is -3.82. The number of carboxylic acids is 1. The summed E-state index contributed by atoms with van der Waals surface area (Å²) in [6.45, 7) is 3.15. The number of aryl methyl sites for hydroxylation is 1. The van der Waals surface area contributed by atoms with Crippen molar-refractivity contribution in [1.82, 2.24) is 4.72 Å². The second kappa shape index (κ2) is 5.82. The molecule has 1 atom stereocenters. The van der Waals surface area contributed by atoms with Crippen molar-refractivity contribution in [3.05, 3.63) is 29.3 Å². The van der Waals surface area contributed by atoms with Gasteiger partial charge < -0.3 is 5.11 Å². The summed E-state index contributed by atoms with van der Waals surface area (Å²) >= 11 is 0. The van der Waals surface area contributed by atoms with Crippen molar-refractivity contribution in [2.45, 2.75) is 18.7 Å². The van der Waals surface area contributed by atoms with E-state index in [1.54, 1.807) is 13.8 Å². The molecule has 0 aliphatic rings. The predicted molar refractivity (Wildman–Crippen MR) is 68.1 cm³/mol. The molecule has 7 heteroatoms. The fourth-order valence-electron chi connectivity index (χ4n) is 1.38. The van der Waals surface area contributed by atoms with Gasteiger partial charge in [-0.15, -0.1) is 0 Å². The smallest absolute Gasteiger partial charge is 0.335 e. The first kappa shape index (κ1) is 15.1. The summed E-state index contributed by atoms with van der Waals surface area (Å²) in [5.74, 6) is -1.65. The van der Waals surface area contributed by atoms with Gasteiger partial charge in [-0.2, -0.15) is 5.26 Å². The summed E-state index contributed by atoms with van der Waals surface area (Å²) in [7, 11) is -3.82. The number of rotatable bonds is 5. The first-order chi connectivity index (χ1) is 8.77.